The van der Waals surface area contributed by atoms with Crippen LogP contribution < -0.4 is 21.3 Å². The molecule has 4 atom stereocenters. The van der Waals surface area contributed by atoms with E-state index in [0.29, 0.717) is 41.9 Å². The van der Waals surface area contributed by atoms with Crippen LogP contribution in [-0.2, 0) is 37.0 Å². The van der Waals surface area contributed by atoms with Gasteiger partial charge < -0.3 is 21.3 Å². The van der Waals surface area contributed by atoms with Gasteiger partial charge in [-0.25, -0.2) is 0 Å². The fourth-order valence-corrected chi connectivity index (χ4v) is 8.82. The molecule has 0 saturated heterocycles. The molecule has 4 heteroatoms. The molecule has 0 aromatic heterocycles. The Morgan fingerprint density at radius 3 is 1.46 bits per heavy atom. The van der Waals surface area contributed by atoms with Gasteiger partial charge in [0.1, 0.15) is 0 Å². The van der Waals surface area contributed by atoms with Crippen LogP contribution in [0.15, 0.2) is 97.1 Å². The number of rotatable bonds is 4. The lowest BCUT2D eigenvalue weighted by Crippen LogP contribution is -2.51. The van der Waals surface area contributed by atoms with Crippen molar-refractivity contribution >= 4 is 0 Å². The van der Waals surface area contributed by atoms with Crippen LogP contribution >= 0.6 is 0 Å². The monoisotopic (exact) mass is 761 g/mol. The minimum absolute atomic E-state index is 0. The van der Waals surface area contributed by atoms with Crippen molar-refractivity contribution in [3.05, 3.63) is 142 Å². The molecule has 4 aliphatic heterocycles. The SMILES string of the molecule is C.C.CC(C)C1Cc2ccccc2C(C)(C)N1.CC(C)C1Cc2ccccc2CN1.CC(C)C1NC(C)(C)c2ccccc21.CC(C)C1NCc2ccccc21. The van der Waals surface area contributed by atoms with Crippen LogP contribution in [0.3, 0.4) is 0 Å². The normalized spacial score (nSPS) is 22.0. The van der Waals surface area contributed by atoms with Gasteiger partial charge in [0.25, 0.3) is 0 Å². The summed E-state index contributed by atoms with van der Waals surface area (Å²) in [5.41, 5.74) is 12.1. The van der Waals surface area contributed by atoms with Crippen molar-refractivity contribution < 1.29 is 0 Å². The number of hydrogen-bond acceptors (Lipinski definition) is 4. The molecular formula is C52H80N4. The average molecular weight is 761 g/mol. The molecule has 0 fully saturated rings. The van der Waals surface area contributed by atoms with E-state index < -0.39 is 0 Å². The lowest BCUT2D eigenvalue weighted by molar-refractivity contribution is 0.265. The van der Waals surface area contributed by atoms with E-state index in [1.54, 1.807) is 0 Å². The molecule has 4 aromatic rings. The summed E-state index contributed by atoms with van der Waals surface area (Å²) in [6, 6.07) is 37.3. The zero-order valence-corrected chi connectivity index (χ0v) is 35.7. The summed E-state index contributed by atoms with van der Waals surface area (Å²) in [5.74, 6) is 2.76. The molecule has 4 heterocycles. The Morgan fingerprint density at radius 1 is 0.429 bits per heavy atom. The predicted octanol–water partition coefficient (Wildman–Crippen LogP) is 12.4. The molecule has 0 bridgehead atoms. The molecule has 0 spiro atoms. The molecule has 0 aliphatic carbocycles. The van der Waals surface area contributed by atoms with Gasteiger partial charge in [-0.15, -0.1) is 0 Å². The zero-order chi connectivity index (χ0) is 39.2. The second-order valence-electron chi connectivity index (χ2n) is 18.6. The fourth-order valence-electron chi connectivity index (χ4n) is 8.82. The Bertz CT molecular complexity index is 1780. The summed E-state index contributed by atoms with van der Waals surface area (Å²) < 4.78 is 0. The van der Waals surface area contributed by atoms with Crippen molar-refractivity contribution in [2.24, 2.45) is 23.7 Å². The minimum atomic E-state index is 0. The van der Waals surface area contributed by atoms with Crippen LogP contribution in [0.25, 0.3) is 0 Å². The van der Waals surface area contributed by atoms with Crippen LogP contribution in [0.1, 0.15) is 155 Å². The highest BCUT2D eigenvalue weighted by Gasteiger charge is 2.37. The number of fused-ring (bicyclic) bond motifs is 4. The smallest absolute Gasteiger partial charge is 0.0386 e. The van der Waals surface area contributed by atoms with Crippen LogP contribution in [-0.4, -0.2) is 12.1 Å². The van der Waals surface area contributed by atoms with Crippen molar-refractivity contribution in [1.29, 1.82) is 0 Å². The fraction of sp³-hybridized carbons (Fsp3) is 0.538. The lowest BCUT2D eigenvalue weighted by atomic mass is 9.80. The molecule has 4 nitrogen and oxygen atoms in total. The number of nitrogens with one attached hydrogen (secondary N) is 4. The molecule has 4 unspecified atom stereocenters. The molecular weight excluding hydrogens is 681 g/mol. The maximum Gasteiger partial charge on any atom is 0.0386 e. The topological polar surface area (TPSA) is 48.1 Å². The highest BCUT2D eigenvalue weighted by Crippen LogP contribution is 2.40. The van der Waals surface area contributed by atoms with Gasteiger partial charge in [-0.05, 0) is 109 Å². The van der Waals surface area contributed by atoms with E-state index in [4.69, 9.17) is 0 Å². The first-order chi connectivity index (χ1) is 25.6. The standard InChI is InChI=1S/C14H21N.C13H19N.C12H17N.C11H15N.2CH4/c1-10(2)13-9-11-7-5-6-8-12(11)14(3,4)15-13;1-9(2)12-10-7-5-6-8-11(10)13(3,4)14-12;1-9(2)12-7-10-5-3-4-6-11(10)8-13-12;1-8(2)11-10-6-4-3-5-9(10)7-12-11;;/h5-8,10,13,15H,9H2,1-4H3;5-9,12,14H,1-4H3;3-6,9,12-13H,7-8H2,1-2H3;3-6,8,11-12H,7H2,1-2H3;2*1H4. The lowest BCUT2D eigenvalue weighted by Gasteiger charge is -2.40. The van der Waals surface area contributed by atoms with Crippen LogP contribution in [0.4, 0.5) is 0 Å². The maximum atomic E-state index is 3.75. The minimum Gasteiger partial charge on any atom is -0.309 e. The molecule has 4 aliphatic rings. The third-order valence-corrected chi connectivity index (χ3v) is 12.1. The Balaban J connectivity index is 0.000000198. The van der Waals surface area contributed by atoms with Gasteiger partial charge in [-0.1, -0.05) is 167 Å². The van der Waals surface area contributed by atoms with Crippen LogP contribution in [0, 0.1) is 23.7 Å². The predicted molar refractivity (Wildman–Crippen MR) is 245 cm³/mol. The van der Waals surface area contributed by atoms with Crippen molar-refractivity contribution in [2.75, 3.05) is 0 Å². The number of hydrogen-bond donors (Lipinski definition) is 4. The summed E-state index contributed by atoms with van der Waals surface area (Å²) >= 11 is 0. The molecule has 4 N–H and O–H groups in total. The van der Waals surface area contributed by atoms with Crippen molar-refractivity contribution in [3.8, 4) is 0 Å². The highest BCUT2D eigenvalue weighted by molar-refractivity contribution is 5.40. The largest absolute Gasteiger partial charge is 0.309 e. The number of benzene rings is 4. The van der Waals surface area contributed by atoms with Gasteiger partial charge in [0.2, 0.25) is 0 Å². The van der Waals surface area contributed by atoms with E-state index >= 15 is 0 Å². The van der Waals surface area contributed by atoms with E-state index in [1.165, 1.54) is 50.9 Å². The Labute approximate surface area is 344 Å². The van der Waals surface area contributed by atoms with Crippen LogP contribution in [0.5, 0.6) is 0 Å². The summed E-state index contributed by atoms with van der Waals surface area (Å²) in [5, 5.41) is 14.5. The maximum absolute atomic E-state index is 3.75. The summed E-state index contributed by atoms with van der Waals surface area (Å²) in [4.78, 5) is 0. The van der Waals surface area contributed by atoms with E-state index in [9.17, 15) is 0 Å². The van der Waals surface area contributed by atoms with E-state index in [1.807, 2.05) is 0 Å². The Kier molecular flexibility index (Phi) is 17.2. The first-order valence-electron chi connectivity index (χ1n) is 20.9. The Hall–Kier alpha value is -3.28. The first kappa shape index (κ1) is 47.1. The van der Waals surface area contributed by atoms with Gasteiger partial charge in [0.05, 0.1) is 0 Å². The van der Waals surface area contributed by atoms with Crippen molar-refractivity contribution in [3.63, 3.8) is 0 Å². The van der Waals surface area contributed by atoms with Crippen LogP contribution in [0.2, 0.25) is 0 Å². The van der Waals surface area contributed by atoms with Gasteiger partial charge in [-0.3, -0.25) is 0 Å². The molecule has 0 radical (unpaired) electrons. The van der Waals surface area contributed by atoms with Crippen molar-refractivity contribution in [2.45, 2.75) is 159 Å². The molecule has 0 amide bonds. The third-order valence-electron chi connectivity index (χ3n) is 12.1. The molecule has 8 rings (SSSR count). The van der Waals surface area contributed by atoms with Gasteiger partial charge in [0.15, 0.2) is 0 Å². The molecule has 56 heavy (non-hydrogen) atoms. The molecule has 308 valence electrons. The quantitative estimate of drug-likeness (QED) is 0.167. The van der Waals surface area contributed by atoms with E-state index in [0.717, 1.165) is 25.4 Å². The first-order valence-corrected chi connectivity index (χ1v) is 20.9. The average Bonchev–Trinajstić information content (AvgIpc) is 3.71. The summed E-state index contributed by atoms with van der Waals surface area (Å²) in [6.07, 6.45) is 2.35. The van der Waals surface area contributed by atoms with E-state index in [2.05, 4.69) is 201 Å². The van der Waals surface area contributed by atoms with Gasteiger partial charge >= 0.3 is 0 Å². The van der Waals surface area contributed by atoms with Gasteiger partial charge in [0, 0.05) is 48.3 Å². The molecule has 0 saturated carbocycles. The second kappa shape index (κ2) is 20.4. The Morgan fingerprint density at radius 2 is 0.875 bits per heavy atom. The summed E-state index contributed by atoms with van der Waals surface area (Å²) in [7, 11) is 0. The second-order valence-corrected chi connectivity index (χ2v) is 18.6. The molecule has 4 aromatic carbocycles. The summed E-state index contributed by atoms with van der Waals surface area (Å²) in [6.45, 7) is 29.4. The van der Waals surface area contributed by atoms with Crippen molar-refractivity contribution in [1.82, 2.24) is 21.3 Å². The van der Waals surface area contributed by atoms with E-state index in [-0.39, 0.29) is 25.9 Å². The zero-order valence-electron chi connectivity index (χ0n) is 35.7. The van der Waals surface area contributed by atoms with Gasteiger partial charge in [-0.2, -0.15) is 0 Å². The third kappa shape index (κ3) is 11.4. The highest BCUT2D eigenvalue weighted by atomic mass is 15.0.